The number of halogens is 1. The molecule has 0 atom stereocenters. The zero-order chi connectivity index (χ0) is 12.5. The van der Waals surface area contributed by atoms with Gasteiger partial charge in [-0.15, -0.1) is 0 Å². The van der Waals surface area contributed by atoms with Crippen LogP contribution < -0.4 is 0 Å². The molecule has 2 aliphatic carbocycles. The molecule has 0 unspecified atom stereocenters. The van der Waals surface area contributed by atoms with E-state index in [1.54, 1.807) is 0 Å². The van der Waals surface area contributed by atoms with Crippen LogP contribution in [0.15, 0.2) is 28.7 Å². The molecule has 2 fully saturated rings. The summed E-state index contributed by atoms with van der Waals surface area (Å²) in [4.78, 5) is 14.8. The quantitative estimate of drug-likeness (QED) is 0.826. The molecular weight excluding hydrogens is 290 g/mol. The van der Waals surface area contributed by atoms with Gasteiger partial charge in [0, 0.05) is 22.1 Å². The van der Waals surface area contributed by atoms with E-state index >= 15 is 0 Å². The van der Waals surface area contributed by atoms with Crippen molar-refractivity contribution in [2.24, 2.45) is 0 Å². The average molecular weight is 308 g/mol. The van der Waals surface area contributed by atoms with Crippen LogP contribution in [0.4, 0.5) is 0 Å². The van der Waals surface area contributed by atoms with Crippen molar-refractivity contribution in [2.75, 3.05) is 0 Å². The first-order chi connectivity index (χ1) is 8.75. The average Bonchev–Trinajstić information content (AvgIpc) is 3.04. The van der Waals surface area contributed by atoms with Crippen LogP contribution >= 0.6 is 15.9 Å². The summed E-state index contributed by atoms with van der Waals surface area (Å²) < 4.78 is 0.982. The molecule has 0 aromatic heterocycles. The van der Waals surface area contributed by atoms with Crippen molar-refractivity contribution in [3.05, 3.63) is 34.3 Å². The smallest absolute Gasteiger partial charge is 0.254 e. The lowest BCUT2D eigenvalue weighted by molar-refractivity contribution is 0.0664. The molecule has 0 saturated heterocycles. The van der Waals surface area contributed by atoms with E-state index < -0.39 is 0 Å². The van der Waals surface area contributed by atoms with Gasteiger partial charge in [0.1, 0.15) is 0 Å². The fourth-order valence-electron chi connectivity index (χ4n) is 2.94. The molecule has 0 radical (unpaired) electrons. The first-order valence-electron chi connectivity index (χ1n) is 6.84. The Labute approximate surface area is 116 Å². The number of carbonyl (C=O) groups excluding carboxylic acids is 1. The number of nitrogens with zero attached hydrogens (tertiary/aromatic N) is 1. The monoisotopic (exact) mass is 307 g/mol. The Morgan fingerprint density at radius 3 is 2.39 bits per heavy atom. The van der Waals surface area contributed by atoms with Crippen molar-refractivity contribution in [2.45, 2.75) is 50.6 Å². The number of hydrogen-bond donors (Lipinski definition) is 0. The molecule has 1 amide bonds. The molecule has 2 saturated carbocycles. The number of amides is 1. The minimum absolute atomic E-state index is 0.228. The van der Waals surface area contributed by atoms with Gasteiger partial charge < -0.3 is 4.90 Å². The van der Waals surface area contributed by atoms with Crippen molar-refractivity contribution in [1.29, 1.82) is 0 Å². The fraction of sp³-hybridized carbons (Fsp3) is 0.533. The maximum Gasteiger partial charge on any atom is 0.254 e. The Kier molecular flexibility index (Phi) is 3.42. The molecule has 1 aromatic carbocycles. The maximum absolute atomic E-state index is 12.7. The largest absolute Gasteiger partial charge is 0.333 e. The first kappa shape index (κ1) is 12.2. The lowest BCUT2D eigenvalue weighted by atomic mass is 10.1. The molecule has 0 N–H and O–H groups in total. The van der Waals surface area contributed by atoms with Gasteiger partial charge in [0.25, 0.3) is 5.91 Å². The lowest BCUT2D eigenvalue weighted by Gasteiger charge is -2.29. The molecule has 0 bridgehead atoms. The minimum Gasteiger partial charge on any atom is -0.333 e. The van der Waals surface area contributed by atoms with Gasteiger partial charge in [-0.3, -0.25) is 4.79 Å². The van der Waals surface area contributed by atoms with Gasteiger partial charge in [-0.25, -0.2) is 0 Å². The van der Waals surface area contributed by atoms with Crippen molar-refractivity contribution < 1.29 is 4.79 Å². The molecular formula is C15H18BrNO. The van der Waals surface area contributed by atoms with E-state index in [0.717, 1.165) is 10.0 Å². The second-order valence-electron chi connectivity index (χ2n) is 5.39. The third-order valence-electron chi connectivity index (χ3n) is 3.96. The highest BCUT2D eigenvalue weighted by Gasteiger charge is 2.38. The van der Waals surface area contributed by atoms with E-state index in [1.165, 1.54) is 38.5 Å². The van der Waals surface area contributed by atoms with Crippen LogP contribution in [-0.4, -0.2) is 22.9 Å². The highest BCUT2D eigenvalue weighted by molar-refractivity contribution is 9.10. The number of hydrogen-bond acceptors (Lipinski definition) is 1. The van der Waals surface area contributed by atoms with Crippen LogP contribution in [0.2, 0.25) is 0 Å². The molecule has 2 nitrogen and oxygen atoms in total. The number of carbonyl (C=O) groups is 1. The summed E-state index contributed by atoms with van der Waals surface area (Å²) in [6.45, 7) is 0. The third-order valence-corrected chi connectivity index (χ3v) is 4.46. The zero-order valence-corrected chi connectivity index (χ0v) is 12.0. The topological polar surface area (TPSA) is 20.3 Å². The molecule has 0 spiro atoms. The highest BCUT2D eigenvalue weighted by Crippen LogP contribution is 2.35. The Hall–Kier alpha value is -0.830. The van der Waals surface area contributed by atoms with E-state index in [9.17, 15) is 4.79 Å². The summed E-state index contributed by atoms with van der Waals surface area (Å²) in [6, 6.07) is 8.78. The fourth-order valence-corrected chi connectivity index (χ4v) is 3.33. The summed E-state index contributed by atoms with van der Waals surface area (Å²) >= 11 is 3.45. The van der Waals surface area contributed by atoms with Crippen LogP contribution in [0.5, 0.6) is 0 Å². The maximum atomic E-state index is 12.7. The van der Waals surface area contributed by atoms with Crippen molar-refractivity contribution in [3.63, 3.8) is 0 Å². The molecule has 0 aliphatic heterocycles. The van der Waals surface area contributed by atoms with E-state index in [0.29, 0.717) is 12.1 Å². The van der Waals surface area contributed by atoms with E-state index in [4.69, 9.17) is 0 Å². The van der Waals surface area contributed by atoms with E-state index in [1.807, 2.05) is 24.3 Å². The van der Waals surface area contributed by atoms with Crippen molar-refractivity contribution in [3.8, 4) is 0 Å². The standard InChI is InChI=1S/C15H18BrNO/c16-12-5-3-4-11(10-12)15(18)17(14-8-9-14)13-6-1-2-7-13/h3-5,10,13-14H,1-2,6-9H2. The van der Waals surface area contributed by atoms with Gasteiger partial charge in [0.15, 0.2) is 0 Å². The first-order valence-corrected chi connectivity index (χ1v) is 7.63. The molecule has 18 heavy (non-hydrogen) atoms. The SMILES string of the molecule is O=C(c1cccc(Br)c1)N(C1CCCC1)C1CC1. The van der Waals surface area contributed by atoms with Gasteiger partial charge in [-0.1, -0.05) is 34.8 Å². The molecule has 0 heterocycles. The Morgan fingerprint density at radius 1 is 1.11 bits per heavy atom. The second kappa shape index (κ2) is 5.04. The number of benzene rings is 1. The van der Waals surface area contributed by atoms with Crippen LogP contribution in [0.3, 0.4) is 0 Å². The molecule has 3 rings (SSSR count). The second-order valence-corrected chi connectivity index (χ2v) is 6.31. The molecule has 1 aromatic rings. The van der Waals surface area contributed by atoms with Crippen LogP contribution in [0, 0.1) is 0 Å². The van der Waals surface area contributed by atoms with Gasteiger partial charge >= 0.3 is 0 Å². The van der Waals surface area contributed by atoms with Gasteiger partial charge in [-0.05, 0) is 43.9 Å². The van der Waals surface area contributed by atoms with Crippen molar-refractivity contribution in [1.82, 2.24) is 4.90 Å². The highest BCUT2D eigenvalue weighted by atomic mass is 79.9. The van der Waals surface area contributed by atoms with E-state index in [2.05, 4.69) is 20.8 Å². The van der Waals surface area contributed by atoms with E-state index in [-0.39, 0.29) is 5.91 Å². The Balaban J connectivity index is 1.83. The minimum atomic E-state index is 0.228. The summed E-state index contributed by atoms with van der Waals surface area (Å²) in [6.07, 6.45) is 7.32. The molecule has 96 valence electrons. The predicted molar refractivity (Wildman–Crippen MR) is 75.6 cm³/mol. The van der Waals surface area contributed by atoms with Crippen LogP contribution in [-0.2, 0) is 0 Å². The third kappa shape index (κ3) is 2.46. The lowest BCUT2D eigenvalue weighted by Crippen LogP contribution is -2.40. The summed E-state index contributed by atoms with van der Waals surface area (Å²) in [5.41, 5.74) is 0.822. The predicted octanol–water partition coefficient (Wildman–Crippen LogP) is 4.00. The zero-order valence-electron chi connectivity index (χ0n) is 10.4. The summed E-state index contributed by atoms with van der Waals surface area (Å²) in [7, 11) is 0. The van der Waals surface area contributed by atoms with Gasteiger partial charge in [0.05, 0.1) is 0 Å². The van der Waals surface area contributed by atoms with Gasteiger partial charge in [0.2, 0.25) is 0 Å². The normalized spacial score (nSPS) is 20.1. The molecule has 3 heteroatoms. The Morgan fingerprint density at radius 2 is 1.78 bits per heavy atom. The molecule has 2 aliphatic rings. The van der Waals surface area contributed by atoms with Crippen LogP contribution in [0.25, 0.3) is 0 Å². The number of rotatable bonds is 3. The summed E-state index contributed by atoms with van der Waals surface area (Å²) in [5.74, 6) is 0.228. The summed E-state index contributed by atoms with van der Waals surface area (Å²) in [5, 5.41) is 0. The van der Waals surface area contributed by atoms with Crippen LogP contribution in [0.1, 0.15) is 48.9 Å². The Bertz CT molecular complexity index is 450. The van der Waals surface area contributed by atoms with Crippen molar-refractivity contribution >= 4 is 21.8 Å². The van der Waals surface area contributed by atoms with Gasteiger partial charge in [-0.2, -0.15) is 0 Å².